The van der Waals surface area contributed by atoms with Crippen molar-refractivity contribution in [3.63, 3.8) is 0 Å². The maximum Gasteiger partial charge on any atom is 0.0960 e. The van der Waals surface area contributed by atoms with Crippen LogP contribution in [0.5, 0.6) is 0 Å². The Kier molecular flexibility index (Phi) is 2.33. The zero-order valence-corrected chi connectivity index (χ0v) is 10.3. The fourth-order valence-corrected chi connectivity index (χ4v) is 4.10. The molecule has 2 fully saturated rings. The van der Waals surface area contributed by atoms with E-state index in [1.54, 1.807) is 0 Å². The van der Waals surface area contributed by atoms with Gasteiger partial charge in [0.25, 0.3) is 0 Å². The molecule has 2 nitrogen and oxygen atoms in total. The summed E-state index contributed by atoms with van der Waals surface area (Å²) in [6.07, 6.45) is 5.48. The Labute approximate surface area is 95.3 Å². The third kappa shape index (κ3) is 1.62. The summed E-state index contributed by atoms with van der Waals surface area (Å²) in [5.41, 5.74) is 1.20. The Morgan fingerprint density at radius 3 is 2.53 bits per heavy atom. The van der Waals surface area contributed by atoms with E-state index in [-0.39, 0.29) is 0 Å². The van der Waals surface area contributed by atoms with Crippen molar-refractivity contribution in [3.8, 4) is 0 Å². The largest absolute Gasteiger partial charge is 0.300 e. The first-order chi connectivity index (χ1) is 7.24. The topological polar surface area (TPSA) is 16.1 Å². The van der Waals surface area contributed by atoms with Gasteiger partial charge in [-0.2, -0.15) is 0 Å². The smallest absolute Gasteiger partial charge is 0.0960 e. The fourth-order valence-electron chi connectivity index (χ4n) is 3.17. The van der Waals surface area contributed by atoms with Gasteiger partial charge in [-0.25, -0.2) is 4.98 Å². The van der Waals surface area contributed by atoms with E-state index in [1.807, 2.05) is 11.3 Å². The molecule has 15 heavy (non-hydrogen) atoms. The van der Waals surface area contributed by atoms with Gasteiger partial charge in [0, 0.05) is 29.1 Å². The van der Waals surface area contributed by atoms with Crippen LogP contribution in [0, 0.1) is 6.92 Å². The van der Waals surface area contributed by atoms with Crippen LogP contribution in [0.3, 0.4) is 0 Å². The first kappa shape index (κ1) is 9.79. The van der Waals surface area contributed by atoms with E-state index in [1.165, 1.54) is 36.4 Å². The van der Waals surface area contributed by atoms with E-state index in [0.717, 1.165) is 18.0 Å². The van der Waals surface area contributed by atoms with Crippen LogP contribution < -0.4 is 0 Å². The lowest BCUT2D eigenvalue weighted by Gasteiger charge is -2.35. The van der Waals surface area contributed by atoms with E-state index in [2.05, 4.69) is 29.2 Å². The van der Waals surface area contributed by atoms with Gasteiger partial charge in [-0.15, -0.1) is 11.3 Å². The SMILES string of the molecule is Cc1csc(C2CC3CCC(C2)N3C)n1. The number of nitrogens with zero attached hydrogens (tertiary/aromatic N) is 2. The molecule has 1 aromatic heterocycles. The van der Waals surface area contributed by atoms with Crippen LogP contribution in [-0.4, -0.2) is 29.0 Å². The number of hydrogen-bond donors (Lipinski definition) is 0. The van der Waals surface area contributed by atoms with Crippen LogP contribution in [0.4, 0.5) is 0 Å². The molecule has 82 valence electrons. The number of hydrogen-bond acceptors (Lipinski definition) is 3. The molecule has 2 aliphatic rings. The lowest BCUT2D eigenvalue weighted by Crippen LogP contribution is -2.39. The zero-order valence-electron chi connectivity index (χ0n) is 9.44. The Bertz CT molecular complexity index is 346. The van der Waals surface area contributed by atoms with E-state index in [4.69, 9.17) is 0 Å². The van der Waals surface area contributed by atoms with Gasteiger partial charge in [0.05, 0.1) is 5.01 Å². The average molecular weight is 222 g/mol. The molecule has 2 bridgehead atoms. The van der Waals surface area contributed by atoms with E-state index in [9.17, 15) is 0 Å². The second-order valence-electron chi connectivity index (χ2n) is 5.05. The van der Waals surface area contributed by atoms with E-state index in [0.29, 0.717) is 0 Å². The predicted octanol–water partition coefficient (Wildman–Crippen LogP) is 2.79. The molecule has 0 saturated carbocycles. The third-order valence-electron chi connectivity index (χ3n) is 4.08. The highest BCUT2D eigenvalue weighted by atomic mass is 32.1. The maximum absolute atomic E-state index is 4.66. The van der Waals surface area contributed by atoms with Gasteiger partial charge in [-0.05, 0) is 39.7 Å². The second-order valence-corrected chi connectivity index (χ2v) is 5.94. The molecule has 1 aromatic rings. The fraction of sp³-hybridized carbons (Fsp3) is 0.750. The zero-order chi connectivity index (χ0) is 10.4. The molecule has 0 aliphatic carbocycles. The summed E-state index contributed by atoms with van der Waals surface area (Å²) >= 11 is 1.86. The summed E-state index contributed by atoms with van der Waals surface area (Å²) in [7, 11) is 2.30. The number of thiazole rings is 1. The molecule has 2 aliphatic heterocycles. The van der Waals surface area contributed by atoms with Crippen molar-refractivity contribution in [1.82, 2.24) is 9.88 Å². The van der Waals surface area contributed by atoms with Crippen molar-refractivity contribution in [2.24, 2.45) is 0 Å². The maximum atomic E-state index is 4.66. The Balaban J connectivity index is 1.80. The summed E-state index contributed by atoms with van der Waals surface area (Å²) in [4.78, 5) is 7.25. The van der Waals surface area contributed by atoms with Crippen molar-refractivity contribution >= 4 is 11.3 Å². The molecule has 2 atom stereocenters. The number of aryl methyl sites for hydroxylation is 1. The van der Waals surface area contributed by atoms with Gasteiger partial charge in [-0.1, -0.05) is 0 Å². The number of aromatic nitrogens is 1. The van der Waals surface area contributed by atoms with Gasteiger partial charge >= 0.3 is 0 Å². The van der Waals surface area contributed by atoms with Crippen LogP contribution in [0.1, 0.15) is 42.3 Å². The molecule has 0 radical (unpaired) electrons. The molecule has 3 heteroatoms. The monoisotopic (exact) mass is 222 g/mol. The normalized spacial score (nSPS) is 36.0. The molecular formula is C12H18N2S. The van der Waals surface area contributed by atoms with Crippen molar-refractivity contribution in [3.05, 3.63) is 16.1 Å². The third-order valence-corrected chi connectivity index (χ3v) is 5.21. The summed E-state index contributed by atoms with van der Waals surface area (Å²) in [5.74, 6) is 0.748. The number of rotatable bonds is 1. The minimum absolute atomic E-state index is 0.748. The first-order valence-electron chi connectivity index (χ1n) is 5.88. The predicted molar refractivity (Wildman–Crippen MR) is 63.4 cm³/mol. The molecule has 0 spiro atoms. The van der Waals surface area contributed by atoms with E-state index < -0.39 is 0 Å². The van der Waals surface area contributed by atoms with Crippen molar-refractivity contribution in [2.45, 2.75) is 50.6 Å². The summed E-state index contributed by atoms with van der Waals surface area (Å²) in [6, 6.07) is 1.66. The summed E-state index contributed by atoms with van der Waals surface area (Å²) in [6.45, 7) is 2.10. The van der Waals surface area contributed by atoms with Crippen molar-refractivity contribution in [1.29, 1.82) is 0 Å². The Morgan fingerprint density at radius 2 is 2.00 bits per heavy atom. The quantitative estimate of drug-likeness (QED) is 0.726. The van der Waals surface area contributed by atoms with Gasteiger partial charge in [0.15, 0.2) is 0 Å². The van der Waals surface area contributed by atoms with Crippen LogP contribution >= 0.6 is 11.3 Å². The highest BCUT2D eigenvalue weighted by Crippen LogP contribution is 2.42. The molecule has 0 amide bonds. The van der Waals surface area contributed by atoms with Crippen LogP contribution in [0.2, 0.25) is 0 Å². The summed E-state index contributed by atoms with van der Waals surface area (Å²) in [5, 5.41) is 3.58. The lowest BCUT2D eigenvalue weighted by molar-refractivity contribution is 0.161. The molecule has 2 saturated heterocycles. The number of fused-ring (bicyclic) bond motifs is 2. The van der Waals surface area contributed by atoms with Crippen LogP contribution in [0.15, 0.2) is 5.38 Å². The lowest BCUT2D eigenvalue weighted by atomic mass is 9.92. The van der Waals surface area contributed by atoms with Gasteiger partial charge in [0.2, 0.25) is 0 Å². The average Bonchev–Trinajstić information content (AvgIpc) is 2.70. The summed E-state index contributed by atoms with van der Waals surface area (Å²) < 4.78 is 0. The number of piperidine rings is 1. The second kappa shape index (κ2) is 3.56. The molecule has 2 unspecified atom stereocenters. The van der Waals surface area contributed by atoms with Gasteiger partial charge in [0.1, 0.15) is 0 Å². The van der Waals surface area contributed by atoms with Crippen molar-refractivity contribution < 1.29 is 0 Å². The van der Waals surface area contributed by atoms with Crippen LogP contribution in [-0.2, 0) is 0 Å². The molecule has 0 aromatic carbocycles. The molecule has 3 rings (SSSR count). The molecule has 0 N–H and O–H groups in total. The Hall–Kier alpha value is -0.410. The van der Waals surface area contributed by atoms with Gasteiger partial charge in [-0.3, -0.25) is 0 Å². The Morgan fingerprint density at radius 1 is 1.33 bits per heavy atom. The minimum atomic E-state index is 0.748. The molecule has 3 heterocycles. The highest BCUT2D eigenvalue weighted by molar-refractivity contribution is 7.09. The van der Waals surface area contributed by atoms with Gasteiger partial charge < -0.3 is 4.90 Å². The first-order valence-corrected chi connectivity index (χ1v) is 6.76. The van der Waals surface area contributed by atoms with Crippen LogP contribution in [0.25, 0.3) is 0 Å². The molecular weight excluding hydrogens is 204 g/mol. The minimum Gasteiger partial charge on any atom is -0.300 e. The highest BCUT2D eigenvalue weighted by Gasteiger charge is 2.39. The van der Waals surface area contributed by atoms with Crippen molar-refractivity contribution in [2.75, 3.05) is 7.05 Å². The standard InChI is InChI=1S/C12H18N2S/c1-8-7-15-12(13-8)9-5-10-3-4-11(6-9)14(10)2/h7,9-11H,3-6H2,1-2H3. The van der Waals surface area contributed by atoms with E-state index >= 15 is 0 Å².